The second kappa shape index (κ2) is 8.18. The summed E-state index contributed by atoms with van der Waals surface area (Å²) in [6.45, 7) is 3.93. The number of phenols is 1. The zero-order valence-corrected chi connectivity index (χ0v) is 15.0. The summed E-state index contributed by atoms with van der Waals surface area (Å²) in [5.74, 6) is 0.435. The van der Waals surface area contributed by atoms with Gasteiger partial charge in [0, 0.05) is 11.1 Å². The standard InChI is InChI=1S/C20H20N4O3/c1-13(2)27-16-9-7-14(8-10-16)17-11-18(23-22-17)20(26)24-21-12-15-5-3-4-6-19(15)25/h3-13,25H,1-2H3,(H,22,23)(H,24,26)/b21-12+. The normalized spacial score (nSPS) is 11.1. The lowest BCUT2D eigenvalue weighted by atomic mass is 10.1. The number of nitrogens with zero attached hydrogens (tertiary/aromatic N) is 2. The average molecular weight is 364 g/mol. The van der Waals surface area contributed by atoms with Crippen LogP contribution in [0.3, 0.4) is 0 Å². The van der Waals surface area contributed by atoms with E-state index >= 15 is 0 Å². The van der Waals surface area contributed by atoms with E-state index in [4.69, 9.17) is 4.74 Å². The number of aromatic nitrogens is 2. The van der Waals surface area contributed by atoms with Gasteiger partial charge in [-0.2, -0.15) is 10.2 Å². The number of aromatic amines is 1. The van der Waals surface area contributed by atoms with Gasteiger partial charge in [-0.3, -0.25) is 9.89 Å². The Morgan fingerprint density at radius 2 is 1.96 bits per heavy atom. The summed E-state index contributed by atoms with van der Waals surface area (Å²) in [7, 11) is 0. The predicted octanol–water partition coefficient (Wildman–Crippen LogP) is 3.33. The highest BCUT2D eigenvalue weighted by molar-refractivity contribution is 5.94. The SMILES string of the molecule is CC(C)Oc1ccc(-c2cc(C(=O)N/N=C/c3ccccc3O)[nH]n2)cc1. The van der Waals surface area contributed by atoms with E-state index in [1.807, 2.05) is 38.1 Å². The molecule has 0 saturated carbocycles. The number of amides is 1. The lowest BCUT2D eigenvalue weighted by Gasteiger charge is -2.09. The Labute approximate surface area is 156 Å². The topological polar surface area (TPSA) is 99.6 Å². The number of H-pyrrole nitrogens is 1. The van der Waals surface area contributed by atoms with E-state index in [0.717, 1.165) is 11.3 Å². The van der Waals surface area contributed by atoms with Crippen LogP contribution in [0.15, 0.2) is 59.7 Å². The number of rotatable bonds is 6. The number of hydrogen-bond donors (Lipinski definition) is 3. The molecular weight excluding hydrogens is 344 g/mol. The van der Waals surface area contributed by atoms with Crippen LogP contribution in [0.4, 0.5) is 0 Å². The van der Waals surface area contributed by atoms with E-state index in [-0.39, 0.29) is 17.5 Å². The number of aromatic hydroxyl groups is 1. The van der Waals surface area contributed by atoms with Crippen LogP contribution in [-0.2, 0) is 0 Å². The molecule has 0 atom stereocenters. The zero-order chi connectivity index (χ0) is 19.2. The molecule has 0 aliphatic heterocycles. The first-order valence-electron chi connectivity index (χ1n) is 8.47. The molecule has 0 aliphatic rings. The third-order valence-electron chi connectivity index (χ3n) is 3.65. The van der Waals surface area contributed by atoms with Crippen LogP contribution in [0, 0.1) is 0 Å². The van der Waals surface area contributed by atoms with Crippen molar-refractivity contribution in [3.05, 3.63) is 65.9 Å². The highest BCUT2D eigenvalue weighted by Gasteiger charge is 2.10. The molecule has 7 heteroatoms. The first-order valence-corrected chi connectivity index (χ1v) is 8.47. The molecule has 138 valence electrons. The van der Waals surface area contributed by atoms with Crippen molar-refractivity contribution in [2.24, 2.45) is 5.10 Å². The molecule has 2 aromatic carbocycles. The molecule has 7 nitrogen and oxygen atoms in total. The van der Waals surface area contributed by atoms with Gasteiger partial charge >= 0.3 is 0 Å². The van der Waals surface area contributed by atoms with Crippen molar-refractivity contribution in [1.29, 1.82) is 0 Å². The summed E-state index contributed by atoms with van der Waals surface area (Å²) in [6, 6.07) is 15.8. The zero-order valence-electron chi connectivity index (χ0n) is 15.0. The predicted molar refractivity (Wildman–Crippen MR) is 103 cm³/mol. The molecule has 1 amide bonds. The fourth-order valence-corrected chi connectivity index (χ4v) is 2.38. The Hall–Kier alpha value is -3.61. The van der Waals surface area contributed by atoms with E-state index in [2.05, 4.69) is 20.7 Å². The number of carbonyl (C=O) groups is 1. The van der Waals surface area contributed by atoms with Crippen molar-refractivity contribution in [2.45, 2.75) is 20.0 Å². The Kier molecular flexibility index (Phi) is 5.51. The van der Waals surface area contributed by atoms with Crippen LogP contribution in [0.2, 0.25) is 0 Å². The summed E-state index contributed by atoms with van der Waals surface area (Å²) in [6.07, 6.45) is 1.48. The lowest BCUT2D eigenvalue weighted by molar-refractivity contribution is 0.0950. The highest BCUT2D eigenvalue weighted by atomic mass is 16.5. The van der Waals surface area contributed by atoms with Gasteiger partial charge in [-0.15, -0.1) is 0 Å². The van der Waals surface area contributed by atoms with E-state index < -0.39 is 5.91 Å². The molecule has 3 aromatic rings. The molecule has 1 heterocycles. The van der Waals surface area contributed by atoms with E-state index in [1.54, 1.807) is 30.3 Å². The van der Waals surface area contributed by atoms with Gasteiger partial charge < -0.3 is 9.84 Å². The Balaban J connectivity index is 1.64. The van der Waals surface area contributed by atoms with E-state index in [0.29, 0.717) is 11.3 Å². The fourth-order valence-electron chi connectivity index (χ4n) is 2.38. The lowest BCUT2D eigenvalue weighted by Crippen LogP contribution is -2.18. The first kappa shape index (κ1) is 18.2. The molecule has 3 rings (SSSR count). The summed E-state index contributed by atoms with van der Waals surface area (Å²) < 4.78 is 5.61. The monoisotopic (exact) mass is 364 g/mol. The maximum atomic E-state index is 12.2. The minimum Gasteiger partial charge on any atom is -0.507 e. The first-order chi connectivity index (χ1) is 13.0. The largest absolute Gasteiger partial charge is 0.507 e. The summed E-state index contributed by atoms with van der Waals surface area (Å²) in [4.78, 5) is 12.2. The van der Waals surface area contributed by atoms with Gasteiger partial charge in [-0.25, -0.2) is 5.43 Å². The van der Waals surface area contributed by atoms with Crippen molar-refractivity contribution in [1.82, 2.24) is 15.6 Å². The Morgan fingerprint density at radius 3 is 2.67 bits per heavy atom. The van der Waals surface area contributed by atoms with Crippen molar-refractivity contribution >= 4 is 12.1 Å². The molecule has 0 bridgehead atoms. The molecule has 0 unspecified atom stereocenters. The van der Waals surface area contributed by atoms with Crippen LogP contribution in [0.1, 0.15) is 29.9 Å². The van der Waals surface area contributed by atoms with Crippen LogP contribution >= 0.6 is 0 Å². The second-order valence-corrected chi connectivity index (χ2v) is 6.12. The van der Waals surface area contributed by atoms with Crippen molar-refractivity contribution < 1.29 is 14.6 Å². The maximum Gasteiger partial charge on any atom is 0.289 e. The van der Waals surface area contributed by atoms with E-state index in [1.165, 1.54) is 6.21 Å². The molecule has 1 aromatic heterocycles. The van der Waals surface area contributed by atoms with Gasteiger partial charge in [0.2, 0.25) is 0 Å². The van der Waals surface area contributed by atoms with Crippen LogP contribution in [0.5, 0.6) is 11.5 Å². The van der Waals surface area contributed by atoms with Gasteiger partial charge in [-0.05, 0) is 56.3 Å². The maximum absolute atomic E-state index is 12.2. The number of phenolic OH excluding ortho intramolecular Hbond substituents is 1. The molecular formula is C20H20N4O3. The number of benzene rings is 2. The number of para-hydroxylation sites is 1. The smallest absolute Gasteiger partial charge is 0.289 e. The average Bonchev–Trinajstić information content (AvgIpc) is 3.13. The molecule has 0 radical (unpaired) electrons. The molecule has 0 saturated heterocycles. The fraction of sp³-hybridized carbons (Fsp3) is 0.150. The molecule has 0 fully saturated rings. The van der Waals surface area contributed by atoms with Gasteiger partial charge in [-0.1, -0.05) is 12.1 Å². The van der Waals surface area contributed by atoms with Crippen LogP contribution < -0.4 is 10.2 Å². The summed E-state index contributed by atoms with van der Waals surface area (Å²) in [5, 5.41) is 20.4. The number of nitrogens with one attached hydrogen (secondary N) is 2. The van der Waals surface area contributed by atoms with Crippen molar-refractivity contribution in [3.63, 3.8) is 0 Å². The third-order valence-corrected chi connectivity index (χ3v) is 3.65. The minimum absolute atomic E-state index is 0.0872. The molecule has 0 spiro atoms. The second-order valence-electron chi connectivity index (χ2n) is 6.12. The van der Waals surface area contributed by atoms with Crippen LogP contribution in [0.25, 0.3) is 11.3 Å². The molecule has 27 heavy (non-hydrogen) atoms. The van der Waals surface area contributed by atoms with Gasteiger partial charge in [0.1, 0.15) is 17.2 Å². The molecule has 3 N–H and O–H groups in total. The third kappa shape index (κ3) is 4.72. The molecule has 0 aliphatic carbocycles. The van der Waals surface area contributed by atoms with Gasteiger partial charge in [0.15, 0.2) is 0 Å². The van der Waals surface area contributed by atoms with E-state index in [9.17, 15) is 9.90 Å². The van der Waals surface area contributed by atoms with Crippen molar-refractivity contribution in [3.8, 4) is 22.8 Å². The highest BCUT2D eigenvalue weighted by Crippen LogP contribution is 2.22. The quantitative estimate of drug-likeness (QED) is 0.461. The van der Waals surface area contributed by atoms with Crippen LogP contribution in [-0.4, -0.2) is 33.5 Å². The Bertz CT molecular complexity index is 946. The number of hydrazone groups is 1. The number of hydrogen-bond acceptors (Lipinski definition) is 5. The number of carbonyl (C=O) groups excluding carboxylic acids is 1. The minimum atomic E-state index is -0.430. The summed E-state index contributed by atoms with van der Waals surface area (Å²) in [5.41, 5.74) is 4.68. The Morgan fingerprint density at radius 1 is 1.22 bits per heavy atom. The number of ether oxygens (including phenoxy) is 1. The van der Waals surface area contributed by atoms with Gasteiger partial charge in [0.05, 0.1) is 18.0 Å². The van der Waals surface area contributed by atoms with Crippen molar-refractivity contribution in [2.75, 3.05) is 0 Å². The van der Waals surface area contributed by atoms with Gasteiger partial charge in [0.25, 0.3) is 5.91 Å². The summed E-state index contributed by atoms with van der Waals surface area (Å²) >= 11 is 0.